The first-order valence-corrected chi connectivity index (χ1v) is 5.77. The third-order valence-corrected chi connectivity index (χ3v) is 4.25. The maximum Gasteiger partial charge on any atom is 0.323 e. The minimum Gasteiger partial charge on any atom is -0.480 e. The van der Waals surface area contributed by atoms with Gasteiger partial charge in [0.2, 0.25) is 5.91 Å². The zero-order valence-corrected chi connectivity index (χ0v) is 11.0. The Bertz CT molecular complexity index is 344. The van der Waals surface area contributed by atoms with Crippen molar-refractivity contribution in [3.05, 3.63) is 12.7 Å². The van der Waals surface area contributed by atoms with Gasteiger partial charge < -0.3 is 10.0 Å². The minimum atomic E-state index is -0.989. The summed E-state index contributed by atoms with van der Waals surface area (Å²) in [6.45, 7) is 11.8. The van der Waals surface area contributed by atoms with Crippen LogP contribution in [0, 0.1) is 16.7 Å². The second kappa shape index (κ2) is 4.17. The standard InChI is InChI=1S/C13H21NO3/c1-6-7-14(8-9(15)16)11(17)10-12(2,3)13(10,4)5/h6,10H,1,7-8H2,2-5H3,(H,15,16). The number of carbonyl (C=O) groups excluding carboxylic acids is 1. The molecule has 1 rings (SSSR count). The first-order valence-electron chi connectivity index (χ1n) is 5.77. The first kappa shape index (κ1) is 13.7. The smallest absolute Gasteiger partial charge is 0.323 e. The van der Waals surface area contributed by atoms with Gasteiger partial charge in [-0.25, -0.2) is 0 Å². The van der Waals surface area contributed by atoms with Crippen LogP contribution in [-0.4, -0.2) is 35.0 Å². The lowest BCUT2D eigenvalue weighted by molar-refractivity contribution is -0.145. The normalized spacial score (nSPS) is 20.7. The molecule has 1 amide bonds. The van der Waals surface area contributed by atoms with Gasteiger partial charge in [0.05, 0.1) is 0 Å². The lowest BCUT2D eigenvalue weighted by Crippen LogP contribution is -2.38. The molecule has 1 saturated carbocycles. The molecule has 1 aliphatic carbocycles. The van der Waals surface area contributed by atoms with Crippen LogP contribution in [0.15, 0.2) is 12.7 Å². The van der Waals surface area contributed by atoms with Crippen LogP contribution in [0.1, 0.15) is 27.7 Å². The Balaban J connectivity index is 2.81. The summed E-state index contributed by atoms with van der Waals surface area (Å²) < 4.78 is 0. The summed E-state index contributed by atoms with van der Waals surface area (Å²) in [7, 11) is 0. The largest absolute Gasteiger partial charge is 0.480 e. The lowest BCUT2D eigenvalue weighted by atomic mass is 10.0. The second-order valence-electron chi connectivity index (χ2n) is 5.78. The van der Waals surface area contributed by atoms with Gasteiger partial charge in [-0.05, 0) is 10.8 Å². The van der Waals surface area contributed by atoms with Crippen molar-refractivity contribution in [2.75, 3.05) is 13.1 Å². The highest BCUT2D eigenvalue weighted by atomic mass is 16.4. The van der Waals surface area contributed by atoms with Crippen LogP contribution in [0.4, 0.5) is 0 Å². The van der Waals surface area contributed by atoms with E-state index in [0.717, 1.165) is 0 Å². The Hall–Kier alpha value is -1.32. The van der Waals surface area contributed by atoms with Crippen LogP contribution < -0.4 is 0 Å². The molecular weight excluding hydrogens is 218 g/mol. The van der Waals surface area contributed by atoms with Crippen LogP contribution in [0.2, 0.25) is 0 Å². The van der Waals surface area contributed by atoms with Gasteiger partial charge in [-0.1, -0.05) is 33.8 Å². The average molecular weight is 239 g/mol. The number of rotatable bonds is 5. The monoisotopic (exact) mass is 239 g/mol. The summed E-state index contributed by atoms with van der Waals surface area (Å²) in [5, 5.41) is 8.79. The van der Waals surface area contributed by atoms with E-state index in [4.69, 9.17) is 5.11 Å². The zero-order valence-electron chi connectivity index (χ0n) is 11.0. The minimum absolute atomic E-state index is 0.0675. The maximum absolute atomic E-state index is 12.3. The van der Waals surface area contributed by atoms with Gasteiger partial charge in [-0.3, -0.25) is 9.59 Å². The average Bonchev–Trinajstić information content (AvgIpc) is 2.55. The van der Waals surface area contributed by atoms with Gasteiger partial charge in [-0.2, -0.15) is 0 Å². The van der Waals surface area contributed by atoms with Gasteiger partial charge in [0.15, 0.2) is 0 Å². The third kappa shape index (κ3) is 2.21. The van der Waals surface area contributed by atoms with Crippen LogP contribution in [0.3, 0.4) is 0 Å². The summed E-state index contributed by atoms with van der Waals surface area (Å²) in [5.74, 6) is -1.17. The second-order valence-corrected chi connectivity index (χ2v) is 5.78. The molecule has 1 N–H and O–H groups in total. The van der Waals surface area contributed by atoms with E-state index in [2.05, 4.69) is 6.58 Å². The summed E-state index contributed by atoms with van der Waals surface area (Å²) in [6.07, 6.45) is 1.56. The van der Waals surface area contributed by atoms with Crippen molar-refractivity contribution in [3.63, 3.8) is 0 Å². The molecule has 0 saturated heterocycles. The number of hydrogen-bond donors (Lipinski definition) is 1. The van der Waals surface area contributed by atoms with Crippen molar-refractivity contribution in [1.82, 2.24) is 4.90 Å². The van der Waals surface area contributed by atoms with Gasteiger partial charge in [0.1, 0.15) is 6.54 Å². The van der Waals surface area contributed by atoms with Gasteiger partial charge in [0, 0.05) is 12.5 Å². The van der Waals surface area contributed by atoms with Crippen molar-refractivity contribution in [1.29, 1.82) is 0 Å². The molecule has 0 aromatic carbocycles. The van der Waals surface area contributed by atoms with Crippen molar-refractivity contribution in [2.45, 2.75) is 27.7 Å². The molecule has 0 aromatic heterocycles. The van der Waals surface area contributed by atoms with Gasteiger partial charge >= 0.3 is 5.97 Å². The number of nitrogens with zero attached hydrogens (tertiary/aromatic N) is 1. The molecule has 1 aliphatic rings. The Morgan fingerprint density at radius 1 is 1.29 bits per heavy atom. The molecule has 4 heteroatoms. The van der Waals surface area contributed by atoms with Crippen molar-refractivity contribution >= 4 is 11.9 Å². The number of hydrogen-bond acceptors (Lipinski definition) is 2. The van der Waals surface area contributed by atoms with E-state index < -0.39 is 5.97 Å². The van der Waals surface area contributed by atoms with E-state index in [1.165, 1.54) is 4.90 Å². The van der Waals surface area contributed by atoms with Crippen LogP contribution in [-0.2, 0) is 9.59 Å². The molecule has 0 aromatic rings. The molecule has 96 valence electrons. The van der Waals surface area contributed by atoms with E-state index in [0.29, 0.717) is 0 Å². The molecule has 4 nitrogen and oxygen atoms in total. The topological polar surface area (TPSA) is 57.6 Å². The fraction of sp³-hybridized carbons (Fsp3) is 0.692. The maximum atomic E-state index is 12.3. The molecule has 0 heterocycles. The first-order chi connectivity index (χ1) is 7.66. The molecule has 0 spiro atoms. The number of carboxylic acids is 1. The molecule has 0 radical (unpaired) electrons. The summed E-state index contributed by atoms with van der Waals surface area (Å²) in [4.78, 5) is 24.4. The third-order valence-electron chi connectivity index (χ3n) is 4.25. The van der Waals surface area contributed by atoms with E-state index in [1.807, 2.05) is 27.7 Å². The highest BCUT2D eigenvalue weighted by Gasteiger charge is 2.68. The van der Waals surface area contributed by atoms with E-state index in [-0.39, 0.29) is 35.7 Å². The van der Waals surface area contributed by atoms with E-state index in [1.54, 1.807) is 6.08 Å². The predicted molar refractivity (Wildman–Crippen MR) is 65.5 cm³/mol. The molecule has 17 heavy (non-hydrogen) atoms. The summed E-state index contributed by atoms with van der Waals surface area (Å²) >= 11 is 0. The summed E-state index contributed by atoms with van der Waals surface area (Å²) in [6, 6.07) is 0. The predicted octanol–water partition coefficient (Wildman–Crippen LogP) is 1.77. The SMILES string of the molecule is C=CCN(CC(=O)O)C(=O)C1C(C)(C)C1(C)C. The molecule has 0 aliphatic heterocycles. The molecular formula is C13H21NO3. The zero-order chi connectivity index (χ0) is 13.4. The number of aliphatic carboxylic acids is 1. The van der Waals surface area contributed by atoms with Crippen molar-refractivity contribution in [2.24, 2.45) is 16.7 Å². The Morgan fingerprint density at radius 3 is 2.06 bits per heavy atom. The van der Waals surface area contributed by atoms with Crippen molar-refractivity contribution in [3.8, 4) is 0 Å². The van der Waals surface area contributed by atoms with Crippen LogP contribution in [0.5, 0.6) is 0 Å². The highest BCUT2D eigenvalue weighted by molar-refractivity contribution is 5.87. The van der Waals surface area contributed by atoms with Gasteiger partial charge in [-0.15, -0.1) is 6.58 Å². The number of carboxylic acid groups (broad SMARTS) is 1. The fourth-order valence-corrected chi connectivity index (χ4v) is 2.55. The number of amides is 1. The highest BCUT2D eigenvalue weighted by Crippen LogP contribution is 2.68. The Labute approximate surface area is 102 Å². The molecule has 0 unspecified atom stereocenters. The van der Waals surface area contributed by atoms with Crippen molar-refractivity contribution < 1.29 is 14.7 Å². The molecule has 0 bridgehead atoms. The summed E-state index contributed by atoms with van der Waals surface area (Å²) in [5.41, 5.74) is -0.135. The van der Waals surface area contributed by atoms with Gasteiger partial charge in [0.25, 0.3) is 0 Å². The van der Waals surface area contributed by atoms with Crippen LogP contribution in [0.25, 0.3) is 0 Å². The number of carbonyl (C=O) groups is 2. The van der Waals surface area contributed by atoms with Crippen LogP contribution >= 0.6 is 0 Å². The molecule has 1 fully saturated rings. The van der Waals surface area contributed by atoms with E-state index in [9.17, 15) is 9.59 Å². The Morgan fingerprint density at radius 2 is 1.76 bits per heavy atom. The fourth-order valence-electron chi connectivity index (χ4n) is 2.55. The van der Waals surface area contributed by atoms with E-state index >= 15 is 0 Å². The molecule has 0 atom stereocenters. The Kier molecular flexibility index (Phi) is 3.37. The lowest BCUT2D eigenvalue weighted by Gasteiger charge is -2.20. The quantitative estimate of drug-likeness (QED) is 0.744.